The number of halogens is 2. The van der Waals surface area contributed by atoms with Gasteiger partial charge in [-0.05, 0) is 38.9 Å². The molecule has 1 unspecified atom stereocenters. The van der Waals surface area contributed by atoms with Gasteiger partial charge in [-0.1, -0.05) is 13.8 Å². The van der Waals surface area contributed by atoms with Gasteiger partial charge in [0, 0.05) is 6.04 Å². The third-order valence-corrected chi connectivity index (χ3v) is 3.09. The van der Waals surface area contributed by atoms with E-state index in [0.29, 0.717) is 6.04 Å². The van der Waals surface area contributed by atoms with E-state index in [0.717, 1.165) is 25.9 Å². The number of piperidine rings is 1. The van der Waals surface area contributed by atoms with E-state index in [9.17, 15) is 4.79 Å². The molecule has 0 radical (unpaired) electrons. The highest BCUT2D eigenvalue weighted by atomic mass is 35.5. The van der Waals surface area contributed by atoms with E-state index < -0.39 is 0 Å². The second kappa shape index (κ2) is 8.97. The highest BCUT2D eigenvalue weighted by molar-refractivity contribution is 5.85. The summed E-state index contributed by atoms with van der Waals surface area (Å²) < 4.78 is 0. The van der Waals surface area contributed by atoms with Crippen LogP contribution in [0.3, 0.4) is 0 Å². The molecule has 4 nitrogen and oxygen atoms in total. The minimum absolute atomic E-state index is 0. The number of carbonyl (C=O) groups excluding carboxylic acids is 1. The van der Waals surface area contributed by atoms with E-state index in [1.807, 2.05) is 13.8 Å². The predicted molar refractivity (Wildman–Crippen MR) is 76.0 cm³/mol. The Bertz CT molecular complexity index is 219. The Balaban J connectivity index is 0. The first-order valence-corrected chi connectivity index (χ1v) is 5.75. The van der Waals surface area contributed by atoms with Gasteiger partial charge >= 0.3 is 0 Å². The van der Waals surface area contributed by atoms with Crippen molar-refractivity contribution in [2.75, 3.05) is 20.1 Å². The second-order valence-electron chi connectivity index (χ2n) is 4.86. The normalized spacial score (nSPS) is 19.1. The molecule has 0 spiro atoms. The Kier molecular flexibility index (Phi) is 10.2. The number of nitrogens with one attached hydrogen (secondary N) is 1. The van der Waals surface area contributed by atoms with Crippen molar-refractivity contribution in [3.63, 3.8) is 0 Å². The van der Waals surface area contributed by atoms with Crippen LogP contribution < -0.4 is 11.1 Å². The van der Waals surface area contributed by atoms with E-state index in [1.165, 1.54) is 0 Å². The summed E-state index contributed by atoms with van der Waals surface area (Å²) in [4.78, 5) is 14.0. The van der Waals surface area contributed by atoms with Crippen LogP contribution in [-0.2, 0) is 4.79 Å². The van der Waals surface area contributed by atoms with Gasteiger partial charge < -0.3 is 16.0 Å². The van der Waals surface area contributed by atoms with E-state index in [4.69, 9.17) is 5.73 Å². The zero-order chi connectivity index (χ0) is 11.4. The molecule has 1 aliphatic rings. The molecule has 0 bridgehead atoms. The Morgan fingerprint density at radius 2 is 1.76 bits per heavy atom. The standard InChI is InChI=1S/C11H23N3O.2ClH/c1-8(2)10(12)11(15)13-9-4-6-14(3)7-5-9;;/h8-10H,4-7,12H2,1-3H3,(H,13,15);2*1H. The summed E-state index contributed by atoms with van der Waals surface area (Å²) in [5.41, 5.74) is 5.78. The zero-order valence-electron chi connectivity index (χ0n) is 10.8. The quantitative estimate of drug-likeness (QED) is 0.814. The highest BCUT2D eigenvalue weighted by Gasteiger charge is 2.22. The number of rotatable bonds is 3. The SMILES string of the molecule is CC(C)C(N)C(=O)NC1CCN(C)CC1.Cl.Cl. The van der Waals surface area contributed by atoms with Crippen molar-refractivity contribution >= 4 is 30.7 Å². The molecule has 0 saturated carbocycles. The van der Waals surface area contributed by atoms with Gasteiger partial charge in [0.05, 0.1) is 6.04 Å². The third kappa shape index (κ3) is 6.46. The number of likely N-dealkylation sites (tertiary alicyclic amines) is 1. The average molecular weight is 286 g/mol. The monoisotopic (exact) mass is 285 g/mol. The molecule has 0 aromatic heterocycles. The smallest absolute Gasteiger partial charge is 0.237 e. The Labute approximate surface area is 117 Å². The zero-order valence-corrected chi connectivity index (χ0v) is 12.4. The van der Waals surface area contributed by atoms with Crippen LogP contribution >= 0.6 is 24.8 Å². The molecule has 0 aliphatic carbocycles. The second-order valence-corrected chi connectivity index (χ2v) is 4.86. The maximum atomic E-state index is 11.7. The molecule has 1 rings (SSSR count). The van der Waals surface area contributed by atoms with Crippen LogP contribution in [0.1, 0.15) is 26.7 Å². The van der Waals surface area contributed by atoms with Gasteiger partial charge in [0.25, 0.3) is 0 Å². The summed E-state index contributed by atoms with van der Waals surface area (Å²) in [5, 5.41) is 3.03. The van der Waals surface area contributed by atoms with Crippen molar-refractivity contribution in [3.8, 4) is 0 Å². The molecule has 1 saturated heterocycles. The summed E-state index contributed by atoms with van der Waals surface area (Å²) in [6, 6.07) is -0.0526. The molecule has 1 heterocycles. The van der Waals surface area contributed by atoms with Crippen LogP contribution in [0.5, 0.6) is 0 Å². The number of amides is 1. The van der Waals surface area contributed by atoms with E-state index in [2.05, 4.69) is 17.3 Å². The first kappa shape index (κ1) is 19.3. The molecule has 0 aromatic rings. The minimum Gasteiger partial charge on any atom is -0.352 e. The Morgan fingerprint density at radius 3 is 2.18 bits per heavy atom. The van der Waals surface area contributed by atoms with Crippen LogP contribution in [0.2, 0.25) is 0 Å². The van der Waals surface area contributed by atoms with Crippen LogP contribution in [-0.4, -0.2) is 43.0 Å². The summed E-state index contributed by atoms with van der Waals surface area (Å²) in [6.07, 6.45) is 2.07. The summed E-state index contributed by atoms with van der Waals surface area (Å²) in [6.45, 7) is 6.06. The van der Waals surface area contributed by atoms with Crippen molar-refractivity contribution in [2.24, 2.45) is 11.7 Å². The van der Waals surface area contributed by atoms with E-state index in [1.54, 1.807) is 0 Å². The number of hydrogen-bond acceptors (Lipinski definition) is 3. The van der Waals surface area contributed by atoms with Crippen LogP contribution in [0.15, 0.2) is 0 Å². The molecular weight excluding hydrogens is 261 g/mol. The first-order chi connectivity index (χ1) is 7.00. The summed E-state index contributed by atoms with van der Waals surface area (Å²) >= 11 is 0. The van der Waals surface area contributed by atoms with Gasteiger partial charge in [0.2, 0.25) is 5.91 Å². The van der Waals surface area contributed by atoms with Gasteiger partial charge in [-0.3, -0.25) is 4.79 Å². The maximum absolute atomic E-state index is 11.7. The van der Waals surface area contributed by atoms with Crippen molar-refractivity contribution in [1.29, 1.82) is 0 Å². The third-order valence-electron chi connectivity index (χ3n) is 3.09. The number of carbonyl (C=O) groups is 1. The molecule has 1 amide bonds. The molecule has 0 aromatic carbocycles. The van der Waals surface area contributed by atoms with Gasteiger partial charge in [-0.15, -0.1) is 24.8 Å². The minimum atomic E-state index is -0.371. The number of nitrogens with zero attached hydrogens (tertiary/aromatic N) is 1. The topological polar surface area (TPSA) is 58.4 Å². The fourth-order valence-electron chi connectivity index (χ4n) is 1.75. The van der Waals surface area contributed by atoms with Crippen molar-refractivity contribution in [2.45, 2.75) is 38.8 Å². The Hall–Kier alpha value is -0.0300. The van der Waals surface area contributed by atoms with Gasteiger partial charge in [0.15, 0.2) is 0 Å². The molecule has 1 atom stereocenters. The molecule has 104 valence electrons. The molecule has 3 N–H and O–H groups in total. The molecular formula is C11H25Cl2N3O. The first-order valence-electron chi connectivity index (χ1n) is 5.75. The molecule has 6 heteroatoms. The number of nitrogens with two attached hydrogens (primary N) is 1. The van der Waals surface area contributed by atoms with E-state index in [-0.39, 0.29) is 42.7 Å². The molecule has 1 fully saturated rings. The lowest BCUT2D eigenvalue weighted by Crippen LogP contribution is -2.50. The predicted octanol–water partition coefficient (Wildman–Crippen LogP) is 1.02. The van der Waals surface area contributed by atoms with Crippen molar-refractivity contribution < 1.29 is 4.79 Å². The van der Waals surface area contributed by atoms with Gasteiger partial charge in [-0.25, -0.2) is 0 Å². The fourth-order valence-corrected chi connectivity index (χ4v) is 1.75. The van der Waals surface area contributed by atoms with Gasteiger partial charge in [0.1, 0.15) is 0 Å². The lowest BCUT2D eigenvalue weighted by molar-refractivity contribution is -0.124. The summed E-state index contributed by atoms with van der Waals surface area (Å²) in [7, 11) is 2.11. The van der Waals surface area contributed by atoms with E-state index >= 15 is 0 Å². The highest BCUT2D eigenvalue weighted by Crippen LogP contribution is 2.09. The van der Waals surface area contributed by atoms with Crippen molar-refractivity contribution in [1.82, 2.24) is 10.2 Å². The van der Waals surface area contributed by atoms with Crippen LogP contribution in [0.25, 0.3) is 0 Å². The van der Waals surface area contributed by atoms with Crippen LogP contribution in [0, 0.1) is 5.92 Å². The molecule has 1 aliphatic heterocycles. The largest absolute Gasteiger partial charge is 0.352 e. The average Bonchev–Trinajstić information content (AvgIpc) is 2.20. The summed E-state index contributed by atoms with van der Waals surface area (Å²) in [5.74, 6) is 0.204. The van der Waals surface area contributed by atoms with Crippen LogP contribution in [0.4, 0.5) is 0 Å². The lowest BCUT2D eigenvalue weighted by Gasteiger charge is -2.30. The number of hydrogen-bond donors (Lipinski definition) is 2. The van der Waals surface area contributed by atoms with Gasteiger partial charge in [-0.2, -0.15) is 0 Å². The molecule has 17 heavy (non-hydrogen) atoms. The van der Waals surface area contributed by atoms with Crippen molar-refractivity contribution in [3.05, 3.63) is 0 Å². The maximum Gasteiger partial charge on any atom is 0.237 e. The fraction of sp³-hybridized carbons (Fsp3) is 0.909. The lowest BCUT2D eigenvalue weighted by atomic mass is 10.0. The Morgan fingerprint density at radius 1 is 1.29 bits per heavy atom.